The largest absolute Gasteiger partial charge is 1.00 e. The molecule has 0 radical (unpaired) electrons. The molecule has 0 unspecified atom stereocenters. The lowest BCUT2D eigenvalue weighted by Gasteiger charge is -2.00. The lowest BCUT2D eigenvalue weighted by atomic mass is 10.2. The SMILES string of the molecule is Cc1cnc(NC(=O)CCCC[n+]2ccccc2)s1.[Br-]. The summed E-state index contributed by atoms with van der Waals surface area (Å²) < 4.78 is 2.13. The molecule has 0 aromatic carbocycles. The second-order valence-electron chi connectivity index (χ2n) is 4.39. The zero-order chi connectivity index (χ0) is 13.5. The zero-order valence-electron chi connectivity index (χ0n) is 11.4. The fourth-order valence-electron chi connectivity index (χ4n) is 1.76. The second kappa shape index (κ2) is 8.81. The molecule has 0 fully saturated rings. The number of unbranched alkanes of at least 4 members (excludes halogenated alkanes) is 1. The summed E-state index contributed by atoms with van der Waals surface area (Å²) in [6.45, 7) is 2.93. The van der Waals surface area contributed by atoms with Crippen LogP contribution in [0.3, 0.4) is 0 Å². The van der Waals surface area contributed by atoms with Crippen LogP contribution in [0.25, 0.3) is 0 Å². The summed E-state index contributed by atoms with van der Waals surface area (Å²) in [7, 11) is 0. The summed E-state index contributed by atoms with van der Waals surface area (Å²) in [4.78, 5) is 16.9. The second-order valence-corrected chi connectivity index (χ2v) is 5.63. The van der Waals surface area contributed by atoms with E-state index in [1.165, 1.54) is 11.3 Å². The number of hydrogen-bond donors (Lipinski definition) is 1. The van der Waals surface area contributed by atoms with E-state index in [0.29, 0.717) is 11.6 Å². The number of halogens is 1. The van der Waals surface area contributed by atoms with E-state index in [-0.39, 0.29) is 22.9 Å². The predicted octanol–water partition coefficient (Wildman–Crippen LogP) is -0.448. The highest BCUT2D eigenvalue weighted by molar-refractivity contribution is 7.15. The van der Waals surface area contributed by atoms with Crippen molar-refractivity contribution in [1.29, 1.82) is 0 Å². The number of nitrogens with one attached hydrogen (secondary N) is 1. The number of amides is 1. The van der Waals surface area contributed by atoms with E-state index in [9.17, 15) is 4.79 Å². The van der Waals surface area contributed by atoms with Crippen LogP contribution in [0.5, 0.6) is 0 Å². The number of thiazole rings is 1. The fourth-order valence-corrected chi connectivity index (χ4v) is 2.44. The van der Waals surface area contributed by atoms with Gasteiger partial charge in [-0.1, -0.05) is 6.07 Å². The van der Waals surface area contributed by atoms with Gasteiger partial charge in [0.25, 0.3) is 0 Å². The molecule has 2 aromatic rings. The molecule has 4 nitrogen and oxygen atoms in total. The van der Waals surface area contributed by atoms with Gasteiger partial charge in [0.15, 0.2) is 17.5 Å². The van der Waals surface area contributed by atoms with Gasteiger partial charge in [0.2, 0.25) is 5.91 Å². The lowest BCUT2D eigenvalue weighted by Crippen LogP contribution is -3.00. The van der Waals surface area contributed by atoms with Gasteiger partial charge in [-0.15, -0.1) is 11.3 Å². The van der Waals surface area contributed by atoms with Crippen molar-refractivity contribution >= 4 is 22.4 Å². The van der Waals surface area contributed by atoms with Gasteiger partial charge >= 0.3 is 0 Å². The number of carbonyl (C=O) groups is 1. The fraction of sp³-hybridized carbons (Fsp3) is 0.357. The van der Waals surface area contributed by atoms with Gasteiger partial charge in [0, 0.05) is 36.0 Å². The van der Waals surface area contributed by atoms with Crippen molar-refractivity contribution in [1.82, 2.24) is 4.98 Å². The summed E-state index contributed by atoms with van der Waals surface area (Å²) >= 11 is 1.50. The molecule has 0 saturated carbocycles. The average Bonchev–Trinajstić information content (AvgIpc) is 2.81. The first-order valence-corrected chi connectivity index (χ1v) is 7.22. The molecule has 0 saturated heterocycles. The van der Waals surface area contributed by atoms with Crippen LogP contribution in [-0.2, 0) is 11.3 Å². The Morgan fingerprint density at radius 1 is 1.30 bits per heavy atom. The van der Waals surface area contributed by atoms with Gasteiger partial charge in [-0.25, -0.2) is 9.55 Å². The summed E-state index contributed by atoms with van der Waals surface area (Å²) in [5.74, 6) is 0.0485. The molecule has 1 N–H and O–H groups in total. The number of aryl methyl sites for hydroxylation is 2. The van der Waals surface area contributed by atoms with Crippen LogP contribution in [0.2, 0.25) is 0 Å². The highest BCUT2D eigenvalue weighted by Gasteiger charge is 2.06. The molecule has 0 aliphatic carbocycles. The molecule has 2 heterocycles. The molecule has 1 amide bonds. The van der Waals surface area contributed by atoms with Gasteiger partial charge in [-0.05, 0) is 13.3 Å². The van der Waals surface area contributed by atoms with E-state index in [2.05, 4.69) is 14.9 Å². The van der Waals surface area contributed by atoms with Gasteiger partial charge in [0.05, 0.1) is 0 Å². The van der Waals surface area contributed by atoms with Gasteiger partial charge in [-0.2, -0.15) is 0 Å². The maximum absolute atomic E-state index is 11.7. The Bertz CT molecular complexity index is 530. The standard InChI is InChI=1S/C14H17N3OS.BrH/c1-12-11-15-14(19-12)16-13(18)7-3-6-10-17-8-4-2-5-9-17;/h2,4-5,8-9,11H,3,6-7,10H2,1H3;1H. The molecule has 6 heteroatoms. The van der Waals surface area contributed by atoms with Gasteiger partial charge in [0.1, 0.15) is 6.54 Å². The summed E-state index contributed by atoms with van der Waals surface area (Å²) in [5.41, 5.74) is 0. The lowest BCUT2D eigenvalue weighted by molar-refractivity contribution is -0.697. The van der Waals surface area contributed by atoms with Crippen molar-refractivity contribution in [2.75, 3.05) is 5.32 Å². The molecule has 0 aliphatic heterocycles. The number of pyridine rings is 1. The number of hydrogen-bond acceptors (Lipinski definition) is 3. The molecule has 0 atom stereocenters. The Kier molecular flexibility index (Phi) is 7.40. The van der Waals surface area contributed by atoms with Crippen molar-refractivity contribution < 1.29 is 26.3 Å². The Labute approximate surface area is 133 Å². The third-order valence-electron chi connectivity index (χ3n) is 2.72. The Morgan fingerprint density at radius 3 is 2.70 bits per heavy atom. The number of anilines is 1. The van der Waals surface area contributed by atoms with Crippen molar-refractivity contribution in [3.63, 3.8) is 0 Å². The average molecular weight is 356 g/mol. The van der Waals surface area contributed by atoms with Crippen LogP contribution >= 0.6 is 11.3 Å². The minimum Gasteiger partial charge on any atom is -1.00 e. The highest BCUT2D eigenvalue weighted by atomic mass is 79.9. The molecular weight excluding hydrogens is 338 g/mol. The normalized spacial score (nSPS) is 9.85. The Morgan fingerprint density at radius 2 is 2.05 bits per heavy atom. The first kappa shape index (κ1) is 16.8. The van der Waals surface area contributed by atoms with E-state index >= 15 is 0 Å². The first-order chi connectivity index (χ1) is 9.24. The van der Waals surface area contributed by atoms with Crippen molar-refractivity contribution in [3.8, 4) is 0 Å². The maximum Gasteiger partial charge on any atom is 0.226 e. The molecular formula is C14H18BrN3OS. The van der Waals surface area contributed by atoms with Crippen molar-refractivity contribution in [2.24, 2.45) is 0 Å². The Balaban J connectivity index is 0.00000200. The van der Waals surface area contributed by atoms with Crippen LogP contribution in [0.1, 0.15) is 24.1 Å². The molecule has 108 valence electrons. The molecule has 0 bridgehead atoms. The van der Waals surface area contributed by atoms with Gasteiger partial charge in [-0.3, -0.25) is 4.79 Å². The highest BCUT2D eigenvalue weighted by Crippen LogP contribution is 2.16. The predicted molar refractivity (Wildman–Crippen MR) is 76.0 cm³/mol. The first-order valence-electron chi connectivity index (χ1n) is 6.40. The molecule has 2 rings (SSSR count). The van der Waals surface area contributed by atoms with Crippen molar-refractivity contribution in [2.45, 2.75) is 32.7 Å². The monoisotopic (exact) mass is 355 g/mol. The smallest absolute Gasteiger partial charge is 0.226 e. The maximum atomic E-state index is 11.7. The van der Waals surface area contributed by atoms with Crippen LogP contribution in [0, 0.1) is 6.92 Å². The van der Waals surface area contributed by atoms with Crippen LogP contribution in [0.15, 0.2) is 36.8 Å². The summed E-state index contributed by atoms with van der Waals surface area (Å²) in [5, 5.41) is 3.52. The molecule has 0 aliphatic rings. The number of rotatable bonds is 6. The van der Waals surface area contributed by atoms with E-state index in [1.54, 1.807) is 6.20 Å². The topological polar surface area (TPSA) is 45.9 Å². The minimum atomic E-state index is 0. The molecule has 20 heavy (non-hydrogen) atoms. The molecule has 0 spiro atoms. The summed E-state index contributed by atoms with van der Waals surface area (Å²) in [6.07, 6.45) is 8.28. The molecule has 2 aromatic heterocycles. The third-order valence-corrected chi connectivity index (χ3v) is 3.54. The van der Waals surface area contributed by atoms with Crippen molar-refractivity contribution in [3.05, 3.63) is 41.7 Å². The minimum absolute atomic E-state index is 0. The van der Waals surface area contributed by atoms with Gasteiger partial charge < -0.3 is 22.3 Å². The van der Waals surface area contributed by atoms with Crippen LogP contribution in [-0.4, -0.2) is 10.9 Å². The Hall–Kier alpha value is -1.27. The number of carbonyl (C=O) groups excluding carboxylic acids is 1. The quantitative estimate of drug-likeness (QED) is 0.563. The number of nitrogens with zero attached hydrogens (tertiary/aromatic N) is 2. The third kappa shape index (κ3) is 5.79. The van der Waals surface area contributed by atoms with E-state index in [0.717, 1.165) is 24.3 Å². The van der Waals surface area contributed by atoms with Crippen LogP contribution < -0.4 is 26.9 Å². The van der Waals surface area contributed by atoms with E-state index in [4.69, 9.17) is 0 Å². The van der Waals surface area contributed by atoms with Crippen LogP contribution in [0.4, 0.5) is 5.13 Å². The van der Waals surface area contributed by atoms with E-state index in [1.807, 2.05) is 37.5 Å². The zero-order valence-corrected chi connectivity index (χ0v) is 13.8. The number of aromatic nitrogens is 2. The summed E-state index contributed by atoms with van der Waals surface area (Å²) in [6, 6.07) is 6.02. The van der Waals surface area contributed by atoms with E-state index < -0.39 is 0 Å².